The van der Waals surface area contributed by atoms with E-state index in [2.05, 4.69) is 0 Å². The molecular formula is C14H18N2O4S. The average Bonchev–Trinajstić information content (AvgIpc) is 2.94. The van der Waals surface area contributed by atoms with Gasteiger partial charge in [0, 0.05) is 39.5 Å². The normalized spacial score (nSPS) is 19.2. The van der Waals surface area contributed by atoms with Gasteiger partial charge in [-0.1, -0.05) is 0 Å². The Kier molecular flexibility index (Phi) is 3.62. The number of ether oxygens (including phenoxy) is 1. The summed E-state index contributed by atoms with van der Waals surface area (Å²) in [5.74, 6) is 0.761. The summed E-state index contributed by atoms with van der Waals surface area (Å²) >= 11 is 0. The summed E-state index contributed by atoms with van der Waals surface area (Å²) in [5, 5.41) is 0. The van der Waals surface area contributed by atoms with Crippen molar-refractivity contribution in [2.45, 2.75) is 18.2 Å². The van der Waals surface area contributed by atoms with E-state index < -0.39 is 10.0 Å². The molecule has 0 N–H and O–H groups in total. The SMILES string of the molecule is CC(=O)N1CCN(S(=O)(=O)c2ccc3c(c2)CCO3)CC1. The summed E-state index contributed by atoms with van der Waals surface area (Å²) in [7, 11) is -3.49. The Morgan fingerprint density at radius 1 is 1.19 bits per heavy atom. The highest BCUT2D eigenvalue weighted by Gasteiger charge is 2.30. The van der Waals surface area contributed by atoms with Crippen LogP contribution in [0.3, 0.4) is 0 Å². The highest BCUT2D eigenvalue weighted by molar-refractivity contribution is 7.89. The molecule has 3 rings (SSSR count). The fourth-order valence-corrected chi connectivity index (χ4v) is 4.19. The van der Waals surface area contributed by atoms with E-state index in [-0.39, 0.29) is 5.91 Å². The van der Waals surface area contributed by atoms with Crippen molar-refractivity contribution >= 4 is 15.9 Å². The van der Waals surface area contributed by atoms with E-state index in [1.165, 1.54) is 11.2 Å². The Bertz CT molecular complexity index is 664. The van der Waals surface area contributed by atoms with Gasteiger partial charge in [0.2, 0.25) is 15.9 Å². The molecular weight excluding hydrogens is 292 g/mol. The van der Waals surface area contributed by atoms with Gasteiger partial charge in [-0.05, 0) is 23.8 Å². The molecule has 0 aromatic heterocycles. The molecule has 1 aromatic rings. The van der Waals surface area contributed by atoms with Gasteiger partial charge in [-0.3, -0.25) is 4.79 Å². The van der Waals surface area contributed by atoms with Crippen molar-refractivity contribution in [2.75, 3.05) is 32.8 Å². The number of fused-ring (bicyclic) bond motifs is 1. The number of sulfonamides is 1. The Morgan fingerprint density at radius 2 is 1.90 bits per heavy atom. The van der Waals surface area contributed by atoms with E-state index in [4.69, 9.17) is 4.74 Å². The molecule has 0 bridgehead atoms. The van der Waals surface area contributed by atoms with Gasteiger partial charge in [-0.15, -0.1) is 0 Å². The fraction of sp³-hybridized carbons (Fsp3) is 0.500. The summed E-state index contributed by atoms with van der Waals surface area (Å²) in [6.07, 6.45) is 0.747. The number of benzene rings is 1. The highest BCUT2D eigenvalue weighted by Crippen LogP contribution is 2.29. The van der Waals surface area contributed by atoms with Crippen molar-refractivity contribution in [3.63, 3.8) is 0 Å². The van der Waals surface area contributed by atoms with Crippen molar-refractivity contribution in [1.29, 1.82) is 0 Å². The lowest BCUT2D eigenvalue weighted by molar-refractivity contribution is -0.129. The van der Waals surface area contributed by atoms with Crippen LogP contribution in [0, 0.1) is 0 Å². The first-order valence-electron chi connectivity index (χ1n) is 7.00. The Hall–Kier alpha value is -1.60. The Balaban J connectivity index is 1.80. The number of nitrogens with zero attached hydrogens (tertiary/aromatic N) is 2. The molecule has 2 heterocycles. The third kappa shape index (κ3) is 2.63. The van der Waals surface area contributed by atoms with Gasteiger partial charge in [-0.25, -0.2) is 8.42 Å². The lowest BCUT2D eigenvalue weighted by Crippen LogP contribution is -2.49. The van der Waals surface area contributed by atoms with E-state index in [0.717, 1.165) is 17.7 Å². The number of hydrogen-bond donors (Lipinski definition) is 0. The van der Waals surface area contributed by atoms with Crippen molar-refractivity contribution in [3.8, 4) is 5.75 Å². The maximum Gasteiger partial charge on any atom is 0.243 e. The highest BCUT2D eigenvalue weighted by atomic mass is 32.2. The van der Waals surface area contributed by atoms with Gasteiger partial charge < -0.3 is 9.64 Å². The Morgan fingerprint density at radius 3 is 2.57 bits per heavy atom. The minimum Gasteiger partial charge on any atom is -0.493 e. The first-order chi connectivity index (χ1) is 9.98. The summed E-state index contributed by atoms with van der Waals surface area (Å²) in [5.41, 5.74) is 0.943. The molecule has 1 fully saturated rings. The van der Waals surface area contributed by atoms with Crippen LogP contribution in [0.1, 0.15) is 12.5 Å². The molecule has 0 spiro atoms. The molecule has 7 heteroatoms. The predicted molar refractivity (Wildman–Crippen MR) is 76.7 cm³/mol. The van der Waals surface area contributed by atoms with Crippen LogP contribution in [0.2, 0.25) is 0 Å². The number of amides is 1. The van der Waals surface area contributed by atoms with Gasteiger partial charge in [0.25, 0.3) is 0 Å². The smallest absolute Gasteiger partial charge is 0.243 e. The van der Waals surface area contributed by atoms with Gasteiger partial charge in [-0.2, -0.15) is 4.31 Å². The maximum absolute atomic E-state index is 12.6. The largest absolute Gasteiger partial charge is 0.493 e. The zero-order chi connectivity index (χ0) is 15.0. The van der Waals surface area contributed by atoms with Crippen LogP contribution in [0.4, 0.5) is 0 Å². The van der Waals surface area contributed by atoms with E-state index in [1.54, 1.807) is 23.1 Å². The van der Waals surface area contributed by atoms with Crippen molar-refractivity contribution in [2.24, 2.45) is 0 Å². The summed E-state index contributed by atoms with van der Waals surface area (Å²) in [4.78, 5) is 13.3. The topological polar surface area (TPSA) is 66.9 Å². The van der Waals surface area contributed by atoms with Crippen LogP contribution in [-0.4, -0.2) is 56.3 Å². The second-order valence-corrected chi connectivity index (χ2v) is 7.22. The molecule has 2 aliphatic rings. The molecule has 0 saturated carbocycles. The molecule has 1 amide bonds. The van der Waals surface area contributed by atoms with Gasteiger partial charge in [0.05, 0.1) is 11.5 Å². The minimum absolute atomic E-state index is 0.0123. The van der Waals surface area contributed by atoms with Gasteiger partial charge in [0.1, 0.15) is 5.75 Å². The van der Waals surface area contributed by atoms with Crippen LogP contribution >= 0.6 is 0 Å². The third-order valence-corrected chi connectivity index (χ3v) is 5.88. The predicted octanol–water partition coefficient (Wildman–Crippen LogP) is 0.474. The summed E-state index contributed by atoms with van der Waals surface area (Å²) in [6.45, 7) is 3.69. The number of rotatable bonds is 2. The molecule has 1 aromatic carbocycles. The lowest BCUT2D eigenvalue weighted by atomic mass is 10.2. The van der Waals surface area contributed by atoms with E-state index in [9.17, 15) is 13.2 Å². The fourth-order valence-electron chi connectivity index (χ4n) is 2.72. The summed E-state index contributed by atoms with van der Waals surface area (Å²) in [6, 6.07) is 5.02. The monoisotopic (exact) mass is 310 g/mol. The number of carbonyl (C=O) groups excluding carboxylic acids is 1. The van der Waals surface area contributed by atoms with Gasteiger partial charge >= 0.3 is 0 Å². The second-order valence-electron chi connectivity index (χ2n) is 5.28. The van der Waals surface area contributed by atoms with Crippen molar-refractivity contribution < 1.29 is 17.9 Å². The van der Waals surface area contributed by atoms with Crippen LogP contribution in [0.15, 0.2) is 23.1 Å². The molecule has 0 unspecified atom stereocenters. The van der Waals surface area contributed by atoms with Crippen LogP contribution in [-0.2, 0) is 21.2 Å². The molecule has 0 radical (unpaired) electrons. The maximum atomic E-state index is 12.6. The molecule has 2 aliphatic heterocycles. The average molecular weight is 310 g/mol. The summed E-state index contributed by atoms with van der Waals surface area (Å²) < 4.78 is 32.1. The zero-order valence-corrected chi connectivity index (χ0v) is 12.7. The second kappa shape index (κ2) is 5.31. The third-order valence-electron chi connectivity index (χ3n) is 3.98. The van der Waals surface area contributed by atoms with Crippen molar-refractivity contribution in [3.05, 3.63) is 23.8 Å². The molecule has 114 valence electrons. The molecule has 0 aliphatic carbocycles. The van der Waals surface area contributed by atoms with Crippen LogP contribution in [0.25, 0.3) is 0 Å². The van der Waals surface area contributed by atoms with Crippen molar-refractivity contribution in [1.82, 2.24) is 9.21 Å². The first kappa shape index (κ1) is 14.3. The number of carbonyl (C=O) groups is 1. The minimum atomic E-state index is -3.49. The standard InChI is InChI=1S/C14H18N2O4S/c1-11(17)15-5-7-16(8-6-15)21(18,19)13-2-3-14-12(10-13)4-9-20-14/h2-3,10H,4-9H2,1H3. The zero-order valence-electron chi connectivity index (χ0n) is 11.9. The quantitative estimate of drug-likeness (QED) is 0.796. The molecule has 0 atom stereocenters. The lowest BCUT2D eigenvalue weighted by Gasteiger charge is -2.33. The van der Waals surface area contributed by atoms with Crippen LogP contribution < -0.4 is 4.74 Å². The Labute approximate surface area is 124 Å². The first-order valence-corrected chi connectivity index (χ1v) is 8.44. The van der Waals surface area contributed by atoms with E-state index >= 15 is 0 Å². The number of piperazine rings is 1. The van der Waals surface area contributed by atoms with E-state index in [1.807, 2.05) is 0 Å². The van der Waals surface area contributed by atoms with Gasteiger partial charge in [0.15, 0.2) is 0 Å². The molecule has 21 heavy (non-hydrogen) atoms. The molecule has 1 saturated heterocycles. The van der Waals surface area contributed by atoms with Crippen LogP contribution in [0.5, 0.6) is 5.75 Å². The molecule has 6 nitrogen and oxygen atoms in total. The van der Waals surface area contributed by atoms with E-state index in [0.29, 0.717) is 37.7 Å². The number of hydrogen-bond acceptors (Lipinski definition) is 4.